The summed E-state index contributed by atoms with van der Waals surface area (Å²) in [4.78, 5) is 30.5. The van der Waals surface area contributed by atoms with E-state index >= 15 is 0 Å². The number of carbonyl (C=O) groups is 2. The van der Waals surface area contributed by atoms with Gasteiger partial charge in [0.05, 0.1) is 10.9 Å². The fourth-order valence-electron chi connectivity index (χ4n) is 6.12. The number of amides is 2. The van der Waals surface area contributed by atoms with Crippen molar-refractivity contribution in [1.29, 1.82) is 0 Å². The summed E-state index contributed by atoms with van der Waals surface area (Å²) in [7, 11) is -3.86. The third-order valence-electron chi connectivity index (χ3n) is 8.39. The number of nitrogens with one attached hydrogen (secondary N) is 2. The monoisotopic (exact) mass is 562 g/mol. The van der Waals surface area contributed by atoms with Crippen molar-refractivity contribution in [2.24, 2.45) is 5.92 Å². The van der Waals surface area contributed by atoms with Gasteiger partial charge in [-0.05, 0) is 69.0 Å². The van der Waals surface area contributed by atoms with Gasteiger partial charge >= 0.3 is 0 Å². The molecular weight excluding hydrogens is 524 g/mol. The second kappa shape index (κ2) is 11.7. The fourth-order valence-corrected chi connectivity index (χ4v) is 7.72. The number of carbonyl (C=O) groups excluding carboxylic acids is 2. The molecule has 40 heavy (non-hydrogen) atoms. The summed E-state index contributed by atoms with van der Waals surface area (Å²) in [5.74, 6) is -0.100. The van der Waals surface area contributed by atoms with E-state index in [4.69, 9.17) is 0 Å². The zero-order chi connectivity index (χ0) is 28.4. The number of benzene rings is 3. The van der Waals surface area contributed by atoms with Crippen molar-refractivity contribution in [3.05, 3.63) is 71.8 Å². The maximum absolute atomic E-state index is 13.7. The van der Waals surface area contributed by atoms with Crippen molar-refractivity contribution in [2.45, 2.75) is 57.0 Å². The highest BCUT2D eigenvalue weighted by atomic mass is 32.2. The van der Waals surface area contributed by atoms with Crippen LogP contribution in [0.4, 0.5) is 5.69 Å². The zero-order valence-corrected chi connectivity index (χ0v) is 24.2. The van der Waals surface area contributed by atoms with Gasteiger partial charge in [-0.25, -0.2) is 13.1 Å². The molecule has 2 aliphatic heterocycles. The molecule has 3 aromatic rings. The van der Waals surface area contributed by atoms with Crippen LogP contribution >= 0.6 is 0 Å². The highest BCUT2D eigenvalue weighted by Crippen LogP contribution is 2.31. The van der Waals surface area contributed by atoms with E-state index in [9.17, 15) is 18.0 Å². The zero-order valence-electron chi connectivity index (χ0n) is 23.4. The summed E-state index contributed by atoms with van der Waals surface area (Å²) in [6.45, 7) is 8.86. The molecule has 3 atom stereocenters. The van der Waals surface area contributed by atoms with Crippen LogP contribution in [0.1, 0.15) is 49.0 Å². The van der Waals surface area contributed by atoms with Gasteiger partial charge in [0.25, 0.3) is 5.91 Å². The van der Waals surface area contributed by atoms with Crippen LogP contribution in [0.5, 0.6) is 0 Å². The van der Waals surface area contributed by atoms with Crippen LogP contribution < -0.4 is 10.0 Å². The van der Waals surface area contributed by atoms with E-state index in [1.807, 2.05) is 43.0 Å². The van der Waals surface area contributed by atoms with E-state index < -0.39 is 10.0 Å². The quantitative estimate of drug-likeness (QED) is 0.445. The number of likely N-dealkylation sites (tertiary alicyclic amines) is 2. The minimum Gasteiger partial charge on any atom is -0.341 e. The molecule has 0 aromatic heterocycles. The Morgan fingerprint density at radius 2 is 1.70 bits per heavy atom. The third-order valence-corrected chi connectivity index (χ3v) is 9.94. The molecule has 2 amide bonds. The molecule has 2 aliphatic rings. The van der Waals surface area contributed by atoms with E-state index in [0.29, 0.717) is 41.5 Å². The second-order valence-electron chi connectivity index (χ2n) is 11.0. The molecule has 2 fully saturated rings. The summed E-state index contributed by atoms with van der Waals surface area (Å²) >= 11 is 0. The van der Waals surface area contributed by atoms with Gasteiger partial charge in [0.15, 0.2) is 0 Å². The van der Waals surface area contributed by atoms with Crippen molar-refractivity contribution in [3.63, 3.8) is 0 Å². The second-order valence-corrected chi connectivity index (χ2v) is 12.7. The molecule has 212 valence electrons. The normalized spacial score (nSPS) is 22.0. The topological polar surface area (TPSA) is 98.8 Å². The van der Waals surface area contributed by atoms with Crippen LogP contribution in [0.25, 0.3) is 10.8 Å². The number of piperidine rings is 1. The van der Waals surface area contributed by atoms with Gasteiger partial charge < -0.3 is 10.2 Å². The highest BCUT2D eigenvalue weighted by molar-refractivity contribution is 7.89. The molecule has 0 aliphatic carbocycles. The Bertz CT molecular complexity index is 1520. The molecule has 2 saturated heterocycles. The SMILES string of the molecule is CCN1CCC[C@H]1C(=O)N1CC[C@H](NS(=O)(=O)c2cccc3c(NC(=O)c4ccccc4C)cccc23)[C@H](C)C1. The van der Waals surface area contributed by atoms with Crippen molar-refractivity contribution < 1.29 is 18.0 Å². The lowest BCUT2D eigenvalue weighted by Crippen LogP contribution is -2.54. The number of rotatable bonds is 7. The number of anilines is 1. The molecule has 0 radical (unpaired) electrons. The average molecular weight is 563 g/mol. The fraction of sp³-hybridized carbons (Fsp3) is 0.419. The Labute approximate surface area is 236 Å². The lowest BCUT2D eigenvalue weighted by molar-refractivity contribution is -0.137. The van der Waals surface area contributed by atoms with E-state index in [-0.39, 0.29) is 34.7 Å². The number of hydrogen-bond acceptors (Lipinski definition) is 5. The number of nitrogens with zero attached hydrogens (tertiary/aromatic N) is 2. The lowest BCUT2D eigenvalue weighted by Gasteiger charge is -2.39. The van der Waals surface area contributed by atoms with Gasteiger partial charge in [-0.15, -0.1) is 0 Å². The molecular formula is C31H38N4O4S. The number of fused-ring (bicyclic) bond motifs is 1. The Hall–Kier alpha value is -3.27. The van der Waals surface area contributed by atoms with Crippen LogP contribution in [0.2, 0.25) is 0 Å². The first-order valence-corrected chi connectivity index (χ1v) is 15.6. The number of aryl methyl sites for hydroxylation is 1. The van der Waals surface area contributed by atoms with Gasteiger partial charge in [-0.2, -0.15) is 0 Å². The molecule has 0 unspecified atom stereocenters. The molecule has 0 saturated carbocycles. The molecule has 9 heteroatoms. The summed E-state index contributed by atoms with van der Waals surface area (Å²) in [6.07, 6.45) is 2.49. The largest absolute Gasteiger partial charge is 0.341 e. The summed E-state index contributed by atoms with van der Waals surface area (Å²) in [5, 5.41) is 4.15. The Morgan fingerprint density at radius 3 is 2.45 bits per heavy atom. The van der Waals surface area contributed by atoms with Gasteiger partial charge in [-0.3, -0.25) is 14.5 Å². The maximum Gasteiger partial charge on any atom is 0.255 e. The number of likely N-dealkylation sites (N-methyl/N-ethyl adjacent to an activating group) is 1. The smallest absolute Gasteiger partial charge is 0.255 e. The summed E-state index contributed by atoms with van der Waals surface area (Å²) < 4.78 is 30.3. The highest BCUT2D eigenvalue weighted by Gasteiger charge is 2.37. The van der Waals surface area contributed by atoms with Crippen molar-refractivity contribution in [3.8, 4) is 0 Å². The Balaban J connectivity index is 1.32. The minimum absolute atomic E-state index is 0.0251. The van der Waals surface area contributed by atoms with Crippen LogP contribution in [-0.4, -0.2) is 68.3 Å². The van der Waals surface area contributed by atoms with E-state index in [1.54, 1.807) is 36.4 Å². The number of hydrogen-bond donors (Lipinski definition) is 2. The van der Waals surface area contributed by atoms with E-state index in [2.05, 4.69) is 21.9 Å². The molecule has 3 aromatic carbocycles. The van der Waals surface area contributed by atoms with Gasteiger partial charge in [0.1, 0.15) is 0 Å². The molecule has 5 rings (SSSR count). The molecule has 0 bridgehead atoms. The standard InChI is InChI=1S/C31H38N4O4S/c1-4-34-18-9-15-28(34)31(37)35-19-17-26(22(3)20-35)33-40(38,39)29-16-8-12-24-25(29)13-7-14-27(24)32-30(36)23-11-6-5-10-21(23)2/h5-8,10-14,16,22,26,28,33H,4,9,15,17-20H2,1-3H3,(H,32,36)/t22-,26+,28+/m1/s1. The third kappa shape index (κ3) is 5.64. The number of sulfonamides is 1. The molecule has 2 N–H and O–H groups in total. The summed E-state index contributed by atoms with van der Waals surface area (Å²) in [5.41, 5.74) is 1.98. The first-order chi connectivity index (χ1) is 19.2. The van der Waals surface area contributed by atoms with Crippen molar-refractivity contribution in [1.82, 2.24) is 14.5 Å². The minimum atomic E-state index is -3.86. The Morgan fingerprint density at radius 1 is 0.950 bits per heavy atom. The first kappa shape index (κ1) is 28.3. The predicted octanol–water partition coefficient (Wildman–Crippen LogP) is 4.40. The van der Waals surface area contributed by atoms with Gasteiger partial charge in [0.2, 0.25) is 15.9 Å². The predicted molar refractivity (Wildman–Crippen MR) is 158 cm³/mol. The first-order valence-electron chi connectivity index (χ1n) is 14.1. The van der Waals surface area contributed by atoms with E-state index in [1.165, 1.54) is 0 Å². The lowest BCUT2D eigenvalue weighted by atomic mass is 9.94. The summed E-state index contributed by atoms with van der Waals surface area (Å²) in [6, 6.07) is 17.4. The van der Waals surface area contributed by atoms with Gasteiger partial charge in [0, 0.05) is 41.2 Å². The van der Waals surface area contributed by atoms with Crippen molar-refractivity contribution in [2.75, 3.05) is 31.5 Å². The average Bonchev–Trinajstić information content (AvgIpc) is 3.43. The van der Waals surface area contributed by atoms with Crippen LogP contribution in [-0.2, 0) is 14.8 Å². The molecule has 8 nitrogen and oxygen atoms in total. The van der Waals surface area contributed by atoms with Crippen molar-refractivity contribution >= 4 is 38.3 Å². The van der Waals surface area contributed by atoms with E-state index in [0.717, 1.165) is 31.5 Å². The Kier molecular flexibility index (Phi) is 8.26. The maximum atomic E-state index is 13.7. The molecule has 0 spiro atoms. The van der Waals surface area contributed by atoms with Crippen LogP contribution in [0, 0.1) is 12.8 Å². The van der Waals surface area contributed by atoms with Gasteiger partial charge in [-0.1, -0.05) is 56.3 Å². The molecule has 2 heterocycles. The van der Waals surface area contributed by atoms with Crippen LogP contribution in [0.15, 0.2) is 65.6 Å². The van der Waals surface area contributed by atoms with Crippen LogP contribution in [0.3, 0.4) is 0 Å².